The van der Waals surface area contributed by atoms with Crippen molar-refractivity contribution in [2.45, 2.75) is 64.3 Å². The molecule has 1 saturated carbocycles. The van der Waals surface area contributed by atoms with E-state index < -0.39 is 0 Å². The fourth-order valence-electron chi connectivity index (χ4n) is 3.60. The molecule has 2 heteroatoms. The maximum atomic E-state index is 6.06. The van der Waals surface area contributed by atoms with Gasteiger partial charge in [0.05, 0.1) is 0 Å². The molecule has 2 atom stereocenters. The number of rotatable bonds is 3. The lowest BCUT2D eigenvalue weighted by Gasteiger charge is -2.36. The Morgan fingerprint density at radius 3 is 2.41 bits per heavy atom. The third kappa shape index (κ3) is 4.26. The summed E-state index contributed by atoms with van der Waals surface area (Å²) < 4.78 is 0. The first-order valence-electron chi connectivity index (χ1n) is 7.73. The number of hydrogen-bond acceptors (Lipinski definition) is 2. The highest BCUT2D eigenvalue weighted by atomic mass is 15.1. The zero-order chi connectivity index (χ0) is 12.1. The van der Waals surface area contributed by atoms with Crippen molar-refractivity contribution in [3.63, 3.8) is 0 Å². The molecule has 0 radical (unpaired) electrons. The molecule has 0 spiro atoms. The van der Waals surface area contributed by atoms with Gasteiger partial charge in [-0.15, -0.1) is 0 Å². The van der Waals surface area contributed by atoms with Crippen molar-refractivity contribution in [3.05, 3.63) is 0 Å². The van der Waals surface area contributed by atoms with E-state index in [1.807, 2.05) is 0 Å². The van der Waals surface area contributed by atoms with Gasteiger partial charge in [0.2, 0.25) is 0 Å². The Morgan fingerprint density at radius 1 is 1.06 bits per heavy atom. The monoisotopic (exact) mass is 238 g/mol. The predicted molar refractivity (Wildman–Crippen MR) is 74.0 cm³/mol. The lowest BCUT2D eigenvalue weighted by molar-refractivity contribution is 0.135. The standard InChI is InChI=1S/C15H30N2/c1-13(16)15-9-6-10-17(12-15)11-14-7-4-2-3-5-8-14/h13-15H,2-12,16H2,1H3. The molecule has 0 aromatic carbocycles. The topological polar surface area (TPSA) is 29.3 Å². The molecule has 0 amide bonds. The first kappa shape index (κ1) is 13.4. The largest absolute Gasteiger partial charge is 0.328 e. The molecule has 1 saturated heterocycles. The first-order chi connectivity index (χ1) is 8.25. The summed E-state index contributed by atoms with van der Waals surface area (Å²) in [7, 11) is 0. The summed E-state index contributed by atoms with van der Waals surface area (Å²) in [5, 5.41) is 0. The van der Waals surface area contributed by atoms with E-state index >= 15 is 0 Å². The third-order valence-corrected chi connectivity index (χ3v) is 4.78. The normalized spacial score (nSPS) is 31.1. The molecule has 2 aliphatic rings. The minimum absolute atomic E-state index is 0.381. The smallest absolute Gasteiger partial charge is 0.00509 e. The number of nitrogens with zero attached hydrogens (tertiary/aromatic N) is 1. The number of nitrogens with two attached hydrogens (primary N) is 1. The van der Waals surface area contributed by atoms with Crippen LogP contribution >= 0.6 is 0 Å². The van der Waals surface area contributed by atoms with Crippen LogP contribution < -0.4 is 5.73 Å². The lowest BCUT2D eigenvalue weighted by atomic mass is 9.90. The molecular formula is C15H30N2. The molecule has 0 aromatic rings. The molecular weight excluding hydrogens is 208 g/mol. The summed E-state index contributed by atoms with van der Waals surface area (Å²) in [4.78, 5) is 2.70. The van der Waals surface area contributed by atoms with Crippen LogP contribution in [-0.2, 0) is 0 Å². The van der Waals surface area contributed by atoms with Gasteiger partial charge in [-0.05, 0) is 51.0 Å². The van der Waals surface area contributed by atoms with Gasteiger partial charge in [0, 0.05) is 19.1 Å². The van der Waals surface area contributed by atoms with Gasteiger partial charge in [-0.3, -0.25) is 0 Å². The molecule has 2 rings (SSSR count). The summed E-state index contributed by atoms with van der Waals surface area (Å²) in [6.07, 6.45) is 11.5. The van der Waals surface area contributed by atoms with E-state index in [-0.39, 0.29) is 0 Å². The number of piperidine rings is 1. The van der Waals surface area contributed by atoms with Gasteiger partial charge in [0.1, 0.15) is 0 Å². The minimum Gasteiger partial charge on any atom is -0.328 e. The zero-order valence-corrected chi connectivity index (χ0v) is 11.5. The molecule has 1 aliphatic heterocycles. The van der Waals surface area contributed by atoms with Crippen LogP contribution in [-0.4, -0.2) is 30.6 Å². The van der Waals surface area contributed by atoms with Gasteiger partial charge >= 0.3 is 0 Å². The molecule has 2 fully saturated rings. The second kappa shape index (κ2) is 6.75. The Morgan fingerprint density at radius 2 is 1.76 bits per heavy atom. The van der Waals surface area contributed by atoms with E-state index in [1.54, 1.807) is 0 Å². The van der Waals surface area contributed by atoms with Crippen molar-refractivity contribution in [1.82, 2.24) is 4.90 Å². The SMILES string of the molecule is CC(N)C1CCCN(CC2CCCCCC2)C1. The molecule has 17 heavy (non-hydrogen) atoms. The summed E-state index contributed by atoms with van der Waals surface area (Å²) in [6, 6.07) is 0.381. The minimum atomic E-state index is 0.381. The quantitative estimate of drug-likeness (QED) is 0.766. The maximum Gasteiger partial charge on any atom is 0.00509 e. The second-order valence-electron chi connectivity index (χ2n) is 6.38. The average molecular weight is 238 g/mol. The Hall–Kier alpha value is -0.0800. The highest BCUT2D eigenvalue weighted by Crippen LogP contribution is 2.26. The first-order valence-corrected chi connectivity index (χ1v) is 7.73. The predicted octanol–water partition coefficient (Wildman–Crippen LogP) is 3.02. The number of hydrogen-bond donors (Lipinski definition) is 1. The van der Waals surface area contributed by atoms with Crippen LogP contribution in [0.5, 0.6) is 0 Å². The molecule has 2 unspecified atom stereocenters. The van der Waals surface area contributed by atoms with Crippen LogP contribution in [0.15, 0.2) is 0 Å². The zero-order valence-electron chi connectivity index (χ0n) is 11.5. The van der Waals surface area contributed by atoms with Crippen molar-refractivity contribution in [2.24, 2.45) is 17.6 Å². The van der Waals surface area contributed by atoms with E-state index in [4.69, 9.17) is 5.73 Å². The fraction of sp³-hybridized carbons (Fsp3) is 1.00. The Labute approximate surface area is 107 Å². The molecule has 0 bridgehead atoms. The van der Waals surface area contributed by atoms with Crippen LogP contribution in [0, 0.1) is 11.8 Å². The summed E-state index contributed by atoms with van der Waals surface area (Å²) in [5.74, 6) is 1.72. The van der Waals surface area contributed by atoms with Crippen LogP contribution in [0.3, 0.4) is 0 Å². The Bertz CT molecular complexity index is 207. The average Bonchev–Trinajstić information content (AvgIpc) is 2.58. The molecule has 100 valence electrons. The maximum absolute atomic E-state index is 6.06. The van der Waals surface area contributed by atoms with Crippen LogP contribution in [0.25, 0.3) is 0 Å². The number of likely N-dealkylation sites (tertiary alicyclic amines) is 1. The second-order valence-corrected chi connectivity index (χ2v) is 6.38. The van der Waals surface area contributed by atoms with Gasteiger partial charge in [0.15, 0.2) is 0 Å². The Balaban J connectivity index is 1.77. The van der Waals surface area contributed by atoms with Crippen molar-refractivity contribution in [3.8, 4) is 0 Å². The van der Waals surface area contributed by atoms with Crippen molar-refractivity contribution < 1.29 is 0 Å². The van der Waals surface area contributed by atoms with Crippen LogP contribution in [0.1, 0.15) is 58.3 Å². The van der Waals surface area contributed by atoms with E-state index in [0.717, 1.165) is 11.8 Å². The van der Waals surface area contributed by atoms with E-state index in [1.165, 1.54) is 71.0 Å². The van der Waals surface area contributed by atoms with Gasteiger partial charge < -0.3 is 10.6 Å². The van der Waals surface area contributed by atoms with Gasteiger partial charge in [-0.25, -0.2) is 0 Å². The van der Waals surface area contributed by atoms with Crippen LogP contribution in [0.4, 0.5) is 0 Å². The Kier molecular flexibility index (Phi) is 5.30. The lowest BCUT2D eigenvalue weighted by Crippen LogP contribution is -2.44. The highest BCUT2D eigenvalue weighted by Gasteiger charge is 2.24. The van der Waals surface area contributed by atoms with Crippen LogP contribution in [0.2, 0.25) is 0 Å². The van der Waals surface area contributed by atoms with Crippen molar-refractivity contribution in [1.29, 1.82) is 0 Å². The third-order valence-electron chi connectivity index (χ3n) is 4.78. The fourth-order valence-corrected chi connectivity index (χ4v) is 3.60. The van der Waals surface area contributed by atoms with Gasteiger partial charge in [0.25, 0.3) is 0 Å². The van der Waals surface area contributed by atoms with Crippen molar-refractivity contribution in [2.75, 3.05) is 19.6 Å². The van der Waals surface area contributed by atoms with Gasteiger partial charge in [-0.1, -0.05) is 25.7 Å². The van der Waals surface area contributed by atoms with E-state index in [0.29, 0.717) is 6.04 Å². The molecule has 1 heterocycles. The summed E-state index contributed by atoms with van der Waals surface area (Å²) in [6.45, 7) is 6.11. The molecule has 1 aliphatic carbocycles. The van der Waals surface area contributed by atoms with Gasteiger partial charge in [-0.2, -0.15) is 0 Å². The summed E-state index contributed by atoms with van der Waals surface area (Å²) >= 11 is 0. The molecule has 0 aromatic heterocycles. The molecule has 2 N–H and O–H groups in total. The van der Waals surface area contributed by atoms with E-state index in [9.17, 15) is 0 Å². The van der Waals surface area contributed by atoms with Crippen molar-refractivity contribution >= 4 is 0 Å². The highest BCUT2D eigenvalue weighted by molar-refractivity contribution is 4.80. The summed E-state index contributed by atoms with van der Waals surface area (Å²) in [5.41, 5.74) is 6.06. The molecule has 2 nitrogen and oxygen atoms in total. The van der Waals surface area contributed by atoms with E-state index in [2.05, 4.69) is 11.8 Å².